The Morgan fingerprint density at radius 3 is 2.56 bits per heavy atom. The van der Waals surface area contributed by atoms with E-state index >= 15 is 0 Å². The summed E-state index contributed by atoms with van der Waals surface area (Å²) in [7, 11) is 0. The summed E-state index contributed by atoms with van der Waals surface area (Å²) in [6, 6.07) is 15.3. The van der Waals surface area contributed by atoms with Crippen molar-refractivity contribution >= 4 is 28.8 Å². The molecule has 34 heavy (non-hydrogen) atoms. The predicted molar refractivity (Wildman–Crippen MR) is 133 cm³/mol. The lowest BCUT2D eigenvalue weighted by molar-refractivity contribution is 0.105. The van der Waals surface area contributed by atoms with Gasteiger partial charge < -0.3 is 4.74 Å². The number of nitriles is 1. The molecule has 176 valence electrons. The minimum absolute atomic E-state index is 0.102. The molecule has 0 radical (unpaired) electrons. The molecule has 1 aromatic heterocycles. The molecule has 0 bridgehead atoms. The summed E-state index contributed by atoms with van der Waals surface area (Å²) in [4.78, 5) is 26.5. The summed E-state index contributed by atoms with van der Waals surface area (Å²) >= 11 is 1.03. The van der Waals surface area contributed by atoms with Crippen LogP contribution in [0.4, 0.5) is 4.39 Å². The number of nitrogens with zero attached hydrogens (tertiary/aromatic N) is 2. The van der Waals surface area contributed by atoms with Gasteiger partial charge in [-0.3, -0.25) is 14.2 Å². The van der Waals surface area contributed by atoms with Crippen molar-refractivity contribution < 1.29 is 13.9 Å². The maximum atomic E-state index is 14.2. The number of rotatable bonds is 10. The highest BCUT2D eigenvalue weighted by Gasteiger charge is 2.18. The molecular formula is C27H27FN2O3S. The highest BCUT2D eigenvalue weighted by Crippen LogP contribution is 2.12. The number of halogens is 1. The van der Waals surface area contributed by atoms with Gasteiger partial charge in [0.15, 0.2) is 0 Å². The van der Waals surface area contributed by atoms with E-state index in [2.05, 4.69) is 6.92 Å². The van der Waals surface area contributed by atoms with E-state index in [9.17, 15) is 19.2 Å². The largest absolute Gasteiger partial charge is 0.382 e. The zero-order valence-corrected chi connectivity index (χ0v) is 20.2. The molecule has 0 amide bonds. The Bertz CT molecular complexity index is 1360. The summed E-state index contributed by atoms with van der Waals surface area (Å²) in [5, 5.41) is 9.91. The number of ketones is 1. The van der Waals surface area contributed by atoms with Gasteiger partial charge in [0, 0.05) is 30.9 Å². The molecule has 7 heteroatoms. The minimum Gasteiger partial charge on any atom is -0.382 e. The third-order valence-electron chi connectivity index (χ3n) is 5.28. The van der Waals surface area contributed by atoms with Gasteiger partial charge >= 0.3 is 0 Å². The van der Waals surface area contributed by atoms with E-state index in [0.717, 1.165) is 29.7 Å². The van der Waals surface area contributed by atoms with Gasteiger partial charge in [-0.05, 0) is 37.5 Å². The van der Waals surface area contributed by atoms with Gasteiger partial charge in [-0.15, -0.1) is 11.3 Å². The van der Waals surface area contributed by atoms with E-state index in [-0.39, 0.29) is 32.4 Å². The first-order valence-corrected chi connectivity index (χ1v) is 12.1. The first-order valence-electron chi connectivity index (χ1n) is 11.3. The third kappa shape index (κ3) is 5.96. The molecule has 0 saturated heterocycles. The van der Waals surface area contributed by atoms with Crippen LogP contribution in [0.25, 0.3) is 11.6 Å². The smallest absolute Gasteiger partial charge is 0.269 e. The lowest BCUT2D eigenvalue weighted by Gasteiger charge is -2.05. The Morgan fingerprint density at radius 2 is 1.91 bits per heavy atom. The number of hydrogen-bond donors (Lipinski definition) is 0. The fourth-order valence-electron chi connectivity index (χ4n) is 3.56. The molecule has 0 unspecified atom stereocenters. The van der Waals surface area contributed by atoms with Crippen LogP contribution in [0.2, 0.25) is 0 Å². The number of ether oxygens (including phenoxy) is 1. The van der Waals surface area contributed by atoms with Crippen LogP contribution in [0.5, 0.6) is 0 Å². The van der Waals surface area contributed by atoms with Crippen molar-refractivity contribution in [2.45, 2.75) is 39.7 Å². The number of aryl methyl sites for hydroxylation is 1. The van der Waals surface area contributed by atoms with Gasteiger partial charge in [0.05, 0.1) is 4.53 Å². The molecule has 3 aromatic rings. The van der Waals surface area contributed by atoms with Gasteiger partial charge in [0.25, 0.3) is 5.56 Å². The van der Waals surface area contributed by atoms with Gasteiger partial charge in [-0.25, -0.2) is 4.39 Å². The van der Waals surface area contributed by atoms with Crippen molar-refractivity contribution in [3.63, 3.8) is 0 Å². The lowest BCUT2D eigenvalue weighted by atomic mass is 10.0. The predicted octanol–water partition coefficient (Wildman–Crippen LogP) is 3.81. The molecule has 0 aliphatic carbocycles. The van der Waals surface area contributed by atoms with Crippen LogP contribution in [0.15, 0.2) is 53.3 Å². The molecule has 2 aromatic carbocycles. The number of benzene rings is 2. The molecule has 0 aliphatic rings. The standard InChI is InChI=1S/C27H27FN2O3S/c1-3-8-19-11-13-20(14-12-19)25(31)22(18-29)27-30(15-7-16-33-4-2)26(32)24(34-27)17-21-9-5-6-10-23(21)28/h5-6,9-14,17H,3-4,7-8,15-16H2,1-2H3/b24-17-,27-22-. The van der Waals surface area contributed by atoms with E-state index in [4.69, 9.17) is 4.74 Å². The number of Topliss-reactive ketones (excluding diaryl/α,β-unsaturated/α-hetero) is 1. The van der Waals surface area contributed by atoms with E-state index in [1.807, 2.05) is 25.1 Å². The lowest BCUT2D eigenvalue weighted by Crippen LogP contribution is -2.33. The Morgan fingerprint density at radius 1 is 1.18 bits per heavy atom. The Hall–Kier alpha value is -3.34. The number of carbonyl (C=O) groups excluding carboxylic acids is 1. The van der Waals surface area contributed by atoms with Crippen molar-refractivity contribution in [1.82, 2.24) is 4.57 Å². The van der Waals surface area contributed by atoms with Crippen LogP contribution < -0.4 is 14.8 Å². The van der Waals surface area contributed by atoms with E-state index < -0.39 is 11.6 Å². The monoisotopic (exact) mass is 478 g/mol. The number of aromatic nitrogens is 1. The SMILES string of the molecule is CCCc1ccc(C(=O)/C(C#N)=c2\s/c(=C\c3ccccc3F)c(=O)n2CCCOCC)cc1. The average Bonchev–Trinajstić information content (AvgIpc) is 3.14. The molecular weight excluding hydrogens is 451 g/mol. The van der Waals surface area contributed by atoms with Crippen LogP contribution in [0.1, 0.15) is 48.2 Å². The van der Waals surface area contributed by atoms with Crippen LogP contribution in [-0.2, 0) is 17.7 Å². The summed E-state index contributed by atoms with van der Waals surface area (Å²) in [6.45, 7) is 5.25. The van der Waals surface area contributed by atoms with E-state index in [1.54, 1.807) is 30.3 Å². The highest BCUT2D eigenvalue weighted by molar-refractivity contribution is 7.07. The second kappa shape index (κ2) is 12.2. The Kier molecular flexibility index (Phi) is 9.08. The molecule has 5 nitrogen and oxygen atoms in total. The average molecular weight is 479 g/mol. The second-order valence-electron chi connectivity index (χ2n) is 7.71. The van der Waals surface area contributed by atoms with E-state index in [0.29, 0.717) is 25.2 Å². The number of thiazole rings is 1. The van der Waals surface area contributed by atoms with E-state index in [1.165, 1.54) is 16.7 Å². The van der Waals surface area contributed by atoms with Gasteiger partial charge in [-0.1, -0.05) is 55.8 Å². The zero-order valence-electron chi connectivity index (χ0n) is 19.3. The minimum atomic E-state index is -0.451. The highest BCUT2D eigenvalue weighted by atomic mass is 32.1. The molecule has 1 heterocycles. The molecule has 0 spiro atoms. The first kappa shape index (κ1) is 25.3. The zero-order chi connectivity index (χ0) is 24.5. The van der Waals surface area contributed by atoms with Crippen molar-refractivity contribution in [3.05, 3.63) is 90.6 Å². The summed E-state index contributed by atoms with van der Waals surface area (Å²) < 4.78 is 21.5. The van der Waals surface area contributed by atoms with Gasteiger partial charge in [-0.2, -0.15) is 5.26 Å². The van der Waals surface area contributed by atoms with Crippen molar-refractivity contribution in [2.24, 2.45) is 0 Å². The molecule has 0 fully saturated rings. The van der Waals surface area contributed by atoms with Crippen molar-refractivity contribution in [2.75, 3.05) is 13.2 Å². The maximum absolute atomic E-state index is 14.2. The molecule has 0 saturated carbocycles. The number of carbonyl (C=O) groups is 1. The quantitative estimate of drug-likeness (QED) is 0.328. The number of hydrogen-bond acceptors (Lipinski definition) is 5. The van der Waals surface area contributed by atoms with Crippen LogP contribution in [0.3, 0.4) is 0 Å². The van der Waals surface area contributed by atoms with Crippen LogP contribution in [-0.4, -0.2) is 23.6 Å². The van der Waals surface area contributed by atoms with Gasteiger partial charge in [0.2, 0.25) is 5.78 Å². The molecule has 0 N–H and O–H groups in total. The topological polar surface area (TPSA) is 72.1 Å². The van der Waals surface area contributed by atoms with Crippen LogP contribution >= 0.6 is 11.3 Å². The fraction of sp³-hybridized carbons (Fsp3) is 0.296. The van der Waals surface area contributed by atoms with Crippen molar-refractivity contribution in [1.29, 1.82) is 5.26 Å². The van der Waals surface area contributed by atoms with Gasteiger partial charge in [0.1, 0.15) is 22.1 Å². The molecule has 0 aliphatic heterocycles. The summed E-state index contributed by atoms with van der Waals surface area (Å²) in [6.07, 6.45) is 3.90. The van der Waals surface area contributed by atoms with Crippen LogP contribution in [0, 0.1) is 17.1 Å². The fourth-order valence-corrected chi connectivity index (χ4v) is 4.68. The summed E-state index contributed by atoms with van der Waals surface area (Å²) in [5.74, 6) is -0.893. The second-order valence-corrected chi connectivity index (χ2v) is 8.74. The third-order valence-corrected chi connectivity index (χ3v) is 6.41. The normalized spacial score (nSPS) is 12.5. The maximum Gasteiger partial charge on any atom is 0.269 e. The molecule has 3 rings (SSSR count). The molecule has 0 atom stereocenters. The van der Waals surface area contributed by atoms with Crippen molar-refractivity contribution in [3.8, 4) is 6.07 Å². The summed E-state index contributed by atoms with van der Waals surface area (Å²) in [5.41, 5.74) is 1.31. The first-order chi connectivity index (χ1) is 16.5. The Balaban J connectivity index is 2.16. The Labute approximate surface area is 202 Å².